The van der Waals surface area contributed by atoms with Gasteiger partial charge in [-0.15, -0.1) is 0 Å². The summed E-state index contributed by atoms with van der Waals surface area (Å²) in [6.45, 7) is 5.24. The van der Waals surface area contributed by atoms with Gasteiger partial charge < -0.3 is 5.11 Å². The van der Waals surface area contributed by atoms with Crippen molar-refractivity contribution in [1.29, 1.82) is 0 Å². The summed E-state index contributed by atoms with van der Waals surface area (Å²) in [4.78, 5) is 20.8. The number of Topliss-reactive ketones (excluding diaryl/α,β-unsaturated/α-hetero) is 1. The monoisotopic (exact) mass is 254 g/mol. The van der Waals surface area contributed by atoms with Crippen molar-refractivity contribution in [1.82, 2.24) is 9.97 Å². The molecule has 3 rings (SSSR count). The summed E-state index contributed by atoms with van der Waals surface area (Å²) in [6.07, 6.45) is 3.24. The molecule has 1 aliphatic carbocycles. The molecule has 2 heterocycles. The number of fused-ring (bicyclic) bond motifs is 3. The van der Waals surface area contributed by atoms with Crippen LogP contribution in [0.25, 0.3) is 11.1 Å². The van der Waals surface area contributed by atoms with Crippen LogP contribution in [0.3, 0.4) is 0 Å². The van der Waals surface area contributed by atoms with Crippen molar-refractivity contribution in [3.05, 3.63) is 47.0 Å². The summed E-state index contributed by atoms with van der Waals surface area (Å²) in [5, 5.41) is 10.5. The number of pyridine rings is 2. The number of nitrogens with zero attached hydrogens (tertiary/aromatic N) is 2. The Bertz CT molecular complexity index is 705. The first-order chi connectivity index (χ1) is 8.91. The predicted molar refractivity (Wildman–Crippen MR) is 70.8 cm³/mol. The van der Waals surface area contributed by atoms with Crippen molar-refractivity contribution in [2.75, 3.05) is 0 Å². The average molecular weight is 254 g/mol. The molecule has 0 fully saturated rings. The van der Waals surface area contributed by atoms with E-state index in [-0.39, 0.29) is 5.78 Å². The predicted octanol–water partition coefficient (Wildman–Crippen LogP) is 2.16. The topological polar surface area (TPSA) is 63.1 Å². The number of hydrogen-bond acceptors (Lipinski definition) is 4. The van der Waals surface area contributed by atoms with E-state index in [1.165, 1.54) is 13.1 Å². The largest absolute Gasteiger partial charge is 0.377 e. The van der Waals surface area contributed by atoms with E-state index in [0.717, 1.165) is 22.5 Å². The van der Waals surface area contributed by atoms with Crippen LogP contribution in [0.5, 0.6) is 0 Å². The number of rotatable bonds is 0. The Morgan fingerprint density at radius 1 is 1.00 bits per heavy atom. The molecular weight excluding hydrogens is 240 g/mol. The molecule has 0 amide bonds. The van der Waals surface area contributed by atoms with Gasteiger partial charge in [-0.2, -0.15) is 0 Å². The van der Waals surface area contributed by atoms with Gasteiger partial charge in [-0.05, 0) is 38.5 Å². The highest BCUT2D eigenvalue weighted by molar-refractivity contribution is 6.11. The van der Waals surface area contributed by atoms with Crippen LogP contribution >= 0.6 is 0 Å². The van der Waals surface area contributed by atoms with Crippen LogP contribution in [0.15, 0.2) is 24.5 Å². The highest BCUT2D eigenvalue weighted by Crippen LogP contribution is 2.41. The minimum atomic E-state index is -1.52. The number of aryl methyl sites for hydroxylation is 2. The quantitative estimate of drug-likeness (QED) is 0.782. The summed E-state index contributed by atoms with van der Waals surface area (Å²) < 4.78 is 0. The van der Waals surface area contributed by atoms with Crippen molar-refractivity contribution < 1.29 is 9.90 Å². The molecule has 1 aliphatic rings. The Hall–Kier alpha value is -2.07. The molecule has 96 valence electrons. The van der Waals surface area contributed by atoms with E-state index in [9.17, 15) is 9.90 Å². The molecule has 4 heteroatoms. The van der Waals surface area contributed by atoms with Crippen LogP contribution in [0.2, 0.25) is 0 Å². The maximum atomic E-state index is 12.4. The molecule has 0 saturated carbocycles. The van der Waals surface area contributed by atoms with E-state index in [4.69, 9.17) is 0 Å². The zero-order valence-corrected chi connectivity index (χ0v) is 11.1. The molecule has 0 bridgehead atoms. The molecule has 19 heavy (non-hydrogen) atoms. The van der Waals surface area contributed by atoms with Gasteiger partial charge in [0.05, 0.1) is 0 Å². The van der Waals surface area contributed by atoms with Crippen LogP contribution in [0.1, 0.15) is 34.2 Å². The summed E-state index contributed by atoms with van der Waals surface area (Å²) in [5.41, 5.74) is 2.76. The van der Waals surface area contributed by atoms with Gasteiger partial charge in [-0.3, -0.25) is 14.8 Å². The zero-order valence-electron chi connectivity index (χ0n) is 11.1. The Morgan fingerprint density at radius 2 is 1.58 bits per heavy atom. The average Bonchev–Trinajstić information content (AvgIpc) is 2.36. The lowest BCUT2D eigenvalue weighted by atomic mass is 9.76. The molecule has 0 saturated heterocycles. The molecule has 4 nitrogen and oxygen atoms in total. The third kappa shape index (κ3) is 1.60. The van der Waals surface area contributed by atoms with Gasteiger partial charge in [0.25, 0.3) is 0 Å². The van der Waals surface area contributed by atoms with Gasteiger partial charge in [-0.25, -0.2) is 0 Å². The Kier molecular flexibility index (Phi) is 2.34. The minimum absolute atomic E-state index is 0.312. The van der Waals surface area contributed by atoms with E-state index in [0.29, 0.717) is 11.1 Å². The number of hydrogen-bond donors (Lipinski definition) is 1. The van der Waals surface area contributed by atoms with E-state index in [1.807, 2.05) is 19.9 Å². The maximum absolute atomic E-state index is 12.4. The molecule has 0 spiro atoms. The summed E-state index contributed by atoms with van der Waals surface area (Å²) >= 11 is 0. The molecule has 0 radical (unpaired) electrons. The molecule has 2 aromatic rings. The fourth-order valence-electron chi connectivity index (χ4n) is 2.53. The third-order valence-corrected chi connectivity index (χ3v) is 3.58. The Morgan fingerprint density at radius 3 is 2.26 bits per heavy atom. The third-order valence-electron chi connectivity index (χ3n) is 3.58. The first-order valence-electron chi connectivity index (χ1n) is 6.12. The maximum Gasteiger partial charge on any atom is 0.200 e. The van der Waals surface area contributed by atoms with E-state index in [2.05, 4.69) is 9.97 Å². The Balaban J connectivity index is 2.41. The lowest BCUT2D eigenvalue weighted by Crippen LogP contribution is -2.36. The number of aromatic nitrogens is 2. The summed E-state index contributed by atoms with van der Waals surface area (Å²) in [7, 11) is 0. The fraction of sp³-hybridized carbons (Fsp3) is 0.267. The standard InChI is InChI=1S/C15H14N2O2/c1-8-4-10-11-6-16-9(2)5-13(11)15(3,19)14(18)12(10)7-17-8/h4-7,19H,1-3H3. The zero-order chi connectivity index (χ0) is 13.8. The lowest BCUT2D eigenvalue weighted by Gasteiger charge is -2.31. The van der Waals surface area contributed by atoms with Crippen molar-refractivity contribution in [3.8, 4) is 11.1 Å². The second kappa shape index (κ2) is 3.71. The van der Waals surface area contributed by atoms with Crippen LogP contribution < -0.4 is 0 Å². The smallest absolute Gasteiger partial charge is 0.200 e. The van der Waals surface area contributed by atoms with Crippen LogP contribution in [0.4, 0.5) is 0 Å². The summed E-state index contributed by atoms with van der Waals surface area (Å²) in [5.74, 6) is -0.312. The highest BCUT2D eigenvalue weighted by Gasteiger charge is 2.41. The molecule has 1 unspecified atom stereocenters. The number of ketones is 1. The van der Waals surface area contributed by atoms with E-state index < -0.39 is 5.60 Å². The van der Waals surface area contributed by atoms with Crippen molar-refractivity contribution in [2.24, 2.45) is 0 Å². The van der Waals surface area contributed by atoms with Crippen molar-refractivity contribution >= 4 is 5.78 Å². The fourth-order valence-corrected chi connectivity index (χ4v) is 2.53. The van der Waals surface area contributed by atoms with Gasteiger partial charge in [0.15, 0.2) is 5.60 Å². The normalized spacial score (nSPS) is 20.9. The molecule has 1 atom stereocenters. The van der Waals surface area contributed by atoms with Gasteiger partial charge in [0.1, 0.15) is 0 Å². The first-order valence-corrected chi connectivity index (χ1v) is 6.12. The van der Waals surface area contributed by atoms with Gasteiger partial charge in [-0.1, -0.05) is 0 Å². The second-order valence-corrected chi connectivity index (χ2v) is 5.14. The molecule has 2 aromatic heterocycles. The van der Waals surface area contributed by atoms with Crippen LogP contribution in [-0.4, -0.2) is 20.9 Å². The molecule has 0 aromatic carbocycles. The number of carbonyl (C=O) groups is 1. The number of carbonyl (C=O) groups excluding carboxylic acids is 1. The molecule has 0 aliphatic heterocycles. The highest BCUT2D eigenvalue weighted by atomic mass is 16.3. The van der Waals surface area contributed by atoms with Gasteiger partial charge in [0, 0.05) is 40.5 Å². The number of aliphatic hydroxyl groups is 1. The minimum Gasteiger partial charge on any atom is -0.377 e. The Labute approximate surface area is 111 Å². The lowest BCUT2D eigenvalue weighted by molar-refractivity contribution is 0.0386. The van der Waals surface area contributed by atoms with Gasteiger partial charge in [0.2, 0.25) is 5.78 Å². The van der Waals surface area contributed by atoms with E-state index in [1.54, 1.807) is 12.3 Å². The van der Waals surface area contributed by atoms with E-state index >= 15 is 0 Å². The van der Waals surface area contributed by atoms with Crippen LogP contribution in [-0.2, 0) is 5.60 Å². The van der Waals surface area contributed by atoms with Crippen molar-refractivity contribution in [2.45, 2.75) is 26.4 Å². The SMILES string of the molecule is Cc1cc2c(cn1)C(=O)C(C)(O)c1cc(C)ncc1-2. The van der Waals surface area contributed by atoms with Gasteiger partial charge >= 0.3 is 0 Å². The second-order valence-electron chi connectivity index (χ2n) is 5.14. The molecule has 1 N–H and O–H groups in total. The van der Waals surface area contributed by atoms with Crippen molar-refractivity contribution in [3.63, 3.8) is 0 Å². The summed E-state index contributed by atoms with van der Waals surface area (Å²) in [6, 6.07) is 3.63. The first kappa shape index (κ1) is 12.0. The molecular formula is C15H14N2O2. The van der Waals surface area contributed by atoms with Crippen LogP contribution in [0, 0.1) is 13.8 Å².